The van der Waals surface area contributed by atoms with Crippen molar-refractivity contribution in [3.63, 3.8) is 0 Å². The summed E-state index contributed by atoms with van der Waals surface area (Å²) < 4.78 is 0. The van der Waals surface area contributed by atoms with Gasteiger partial charge in [0.2, 0.25) is 0 Å². The van der Waals surface area contributed by atoms with E-state index in [1.165, 1.54) is 16.7 Å². The highest BCUT2D eigenvalue weighted by Gasteiger charge is 2.26. The molecule has 0 saturated carbocycles. The Morgan fingerprint density at radius 2 is 1.60 bits per heavy atom. The molecular formula is C30H30N4O. The zero-order valence-electron chi connectivity index (χ0n) is 20.3. The Balaban J connectivity index is 1.56. The fourth-order valence-electron chi connectivity index (χ4n) is 4.78. The van der Waals surface area contributed by atoms with Crippen molar-refractivity contribution in [1.82, 2.24) is 9.97 Å². The van der Waals surface area contributed by atoms with Crippen molar-refractivity contribution in [2.45, 2.75) is 33.1 Å². The monoisotopic (exact) mass is 462 g/mol. The number of nitrogens with one attached hydrogen (secondary N) is 1. The molecule has 0 saturated heterocycles. The first-order valence-corrected chi connectivity index (χ1v) is 12.1. The van der Waals surface area contributed by atoms with Crippen molar-refractivity contribution >= 4 is 23.8 Å². The largest absolute Gasteiger partial charge is 0.322 e. The van der Waals surface area contributed by atoms with Crippen molar-refractivity contribution < 1.29 is 0 Å². The van der Waals surface area contributed by atoms with E-state index in [1.807, 2.05) is 0 Å². The maximum Gasteiger partial charge on any atom is 0.279 e. The fraction of sp³-hybridized carbons (Fsp3) is 0.233. The summed E-state index contributed by atoms with van der Waals surface area (Å²) in [5.41, 5.74) is 6.89. The lowest BCUT2D eigenvalue weighted by atomic mass is 9.91. The van der Waals surface area contributed by atoms with Crippen LogP contribution in [0, 0.1) is 19.8 Å². The predicted octanol–water partition coefficient (Wildman–Crippen LogP) is 4.69. The van der Waals surface area contributed by atoms with Crippen LogP contribution < -0.4 is 21.3 Å². The molecule has 0 bridgehead atoms. The van der Waals surface area contributed by atoms with E-state index < -0.39 is 0 Å². The van der Waals surface area contributed by atoms with Crippen molar-refractivity contribution in [1.29, 1.82) is 0 Å². The summed E-state index contributed by atoms with van der Waals surface area (Å²) in [6, 6.07) is 25.5. The number of rotatable bonds is 7. The molecule has 4 aromatic rings. The van der Waals surface area contributed by atoms with Gasteiger partial charge in [0, 0.05) is 6.54 Å². The van der Waals surface area contributed by atoms with E-state index in [-0.39, 0.29) is 5.56 Å². The standard InChI is InChI=1S/C30H30N4O/c1-20-16-26-27(17-21(20)2)34(29-28(33-26)30(35)32-22(3)31-29)19-25(18-24-12-8-5-9-13-24)15-14-23-10-6-4-7-11-23/h4-13,16-17,25H,3,14-15,18-19H2,1-2H3,(H,32,35). The van der Waals surface area contributed by atoms with Crippen LogP contribution in [0.5, 0.6) is 0 Å². The molecule has 0 spiro atoms. The zero-order chi connectivity index (χ0) is 24.4. The molecule has 2 heterocycles. The minimum Gasteiger partial charge on any atom is -0.322 e. The second-order valence-electron chi connectivity index (χ2n) is 9.41. The average Bonchev–Trinajstić information content (AvgIpc) is 2.85. The van der Waals surface area contributed by atoms with Gasteiger partial charge in [-0.25, -0.2) is 9.98 Å². The maximum atomic E-state index is 12.8. The molecule has 5 nitrogen and oxygen atoms in total. The summed E-state index contributed by atoms with van der Waals surface area (Å²) in [5, 5.41) is 0.356. The lowest BCUT2D eigenvalue weighted by Crippen LogP contribution is -2.43. The molecule has 0 amide bonds. The van der Waals surface area contributed by atoms with Crippen molar-refractivity contribution in [3.05, 3.63) is 116 Å². The quantitative estimate of drug-likeness (QED) is 0.433. The van der Waals surface area contributed by atoms with Gasteiger partial charge in [-0.15, -0.1) is 0 Å². The molecule has 1 atom stereocenters. The summed E-state index contributed by atoms with van der Waals surface area (Å²) in [5.74, 6) is 0.930. The smallest absolute Gasteiger partial charge is 0.279 e. The van der Waals surface area contributed by atoms with Gasteiger partial charge in [-0.3, -0.25) is 4.79 Å². The van der Waals surface area contributed by atoms with Crippen molar-refractivity contribution in [3.8, 4) is 0 Å². The van der Waals surface area contributed by atoms with E-state index in [4.69, 9.17) is 4.99 Å². The molecule has 1 aliphatic rings. The van der Waals surface area contributed by atoms with Crippen LogP contribution in [0.3, 0.4) is 0 Å². The first kappa shape index (κ1) is 22.8. The molecule has 1 unspecified atom stereocenters. The molecule has 35 heavy (non-hydrogen) atoms. The number of fused-ring (bicyclic) bond motifs is 2. The minimum absolute atomic E-state index is 0.252. The molecule has 5 heteroatoms. The summed E-state index contributed by atoms with van der Waals surface area (Å²) in [6.45, 7) is 8.81. The van der Waals surface area contributed by atoms with Crippen molar-refractivity contribution in [2.75, 3.05) is 11.4 Å². The van der Waals surface area contributed by atoms with Crippen LogP contribution in [-0.2, 0) is 12.8 Å². The number of aromatic amines is 1. The van der Waals surface area contributed by atoms with Crippen LogP contribution >= 0.6 is 0 Å². The Morgan fingerprint density at radius 3 is 2.31 bits per heavy atom. The van der Waals surface area contributed by atoms with Gasteiger partial charge in [-0.05, 0) is 73.4 Å². The molecule has 0 aliphatic carbocycles. The van der Waals surface area contributed by atoms with Crippen LogP contribution in [0.25, 0.3) is 6.58 Å². The molecule has 0 fully saturated rings. The topological polar surface area (TPSA) is 61.4 Å². The van der Waals surface area contributed by atoms with Gasteiger partial charge in [-0.1, -0.05) is 67.2 Å². The maximum absolute atomic E-state index is 12.8. The average molecular weight is 463 g/mol. The lowest BCUT2D eigenvalue weighted by Gasteiger charge is -2.32. The molecule has 1 N–H and O–H groups in total. The molecule has 1 aliphatic heterocycles. The second kappa shape index (κ2) is 9.71. The molecule has 5 rings (SSSR count). The first-order chi connectivity index (χ1) is 17.0. The summed E-state index contributed by atoms with van der Waals surface area (Å²) in [7, 11) is 0. The Labute approximate surface area is 205 Å². The van der Waals surface area contributed by atoms with Crippen LogP contribution in [0.15, 0.2) is 82.6 Å². The van der Waals surface area contributed by atoms with Gasteiger partial charge < -0.3 is 9.88 Å². The summed E-state index contributed by atoms with van der Waals surface area (Å²) in [6.07, 6.45) is 2.95. The molecule has 3 aromatic carbocycles. The number of H-pyrrole nitrogens is 1. The SMILES string of the molecule is C=c1nc2c(c(=O)[nH]1)=Nc1cc(C)c(C)cc1N2CC(CCc1ccccc1)Cc1ccccc1. The van der Waals surface area contributed by atoms with E-state index in [9.17, 15) is 4.79 Å². The number of nitrogens with zero attached hydrogens (tertiary/aromatic N) is 3. The lowest BCUT2D eigenvalue weighted by molar-refractivity contribution is 0.487. The van der Waals surface area contributed by atoms with Crippen LogP contribution in [-0.4, -0.2) is 16.5 Å². The predicted molar refractivity (Wildman–Crippen MR) is 142 cm³/mol. The van der Waals surface area contributed by atoms with E-state index >= 15 is 0 Å². The molecule has 1 aromatic heterocycles. The second-order valence-corrected chi connectivity index (χ2v) is 9.41. The van der Waals surface area contributed by atoms with Gasteiger partial charge in [0.1, 0.15) is 5.48 Å². The molecular weight excluding hydrogens is 432 g/mol. The number of anilines is 2. The third kappa shape index (κ3) is 4.94. The highest BCUT2D eigenvalue weighted by atomic mass is 16.1. The van der Waals surface area contributed by atoms with E-state index in [1.54, 1.807) is 0 Å². The summed E-state index contributed by atoms with van der Waals surface area (Å²) >= 11 is 0. The first-order valence-electron chi connectivity index (χ1n) is 12.1. The number of hydrogen-bond acceptors (Lipinski definition) is 4. The Morgan fingerprint density at radius 1 is 0.943 bits per heavy atom. The van der Waals surface area contributed by atoms with E-state index in [0.717, 1.165) is 42.7 Å². The van der Waals surface area contributed by atoms with Crippen molar-refractivity contribution in [2.24, 2.45) is 10.9 Å². The Hall–Kier alpha value is -3.99. The zero-order valence-corrected chi connectivity index (χ0v) is 20.3. The number of aromatic nitrogens is 2. The third-order valence-corrected chi connectivity index (χ3v) is 6.79. The number of aryl methyl sites for hydroxylation is 3. The molecule has 0 radical (unpaired) electrons. The fourth-order valence-corrected chi connectivity index (χ4v) is 4.78. The van der Waals surface area contributed by atoms with Crippen LogP contribution in [0.2, 0.25) is 0 Å². The normalized spacial score (nSPS) is 13.0. The Bertz CT molecular complexity index is 1510. The van der Waals surface area contributed by atoms with Gasteiger partial charge in [0.25, 0.3) is 5.56 Å². The van der Waals surface area contributed by atoms with Crippen LogP contribution in [0.1, 0.15) is 28.7 Å². The minimum atomic E-state index is -0.252. The van der Waals surface area contributed by atoms with Gasteiger partial charge >= 0.3 is 0 Å². The third-order valence-electron chi connectivity index (χ3n) is 6.79. The highest BCUT2D eigenvalue weighted by Crippen LogP contribution is 2.37. The summed E-state index contributed by atoms with van der Waals surface area (Å²) in [4.78, 5) is 27.1. The van der Waals surface area contributed by atoms with Gasteiger partial charge in [0.05, 0.1) is 11.4 Å². The van der Waals surface area contributed by atoms with Gasteiger partial charge in [-0.2, -0.15) is 0 Å². The highest BCUT2D eigenvalue weighted by molar-refractivity contribution is 5.77. The van der Waals surface area contributed by atoms with Crippen LogP contribution in [0.4, 0.5) is 17.2 Å². The Kier molecular flexibility index (Phi) is 6.32. The van der Waals surface area contributed by atoms with Gasteiger partial charge in [0.15, 0.2) is 11.2 Å². The van der Waals surface area contributed by atoms with E-state index in [2.05, 4.69) is 108 Å². The number of benzene rings is 3. The number of hydrogen-bond donors (Lipinski definition) is 1. The molecule has 176 valence electrons. The van der Waals surface area contributed by atoms with E-state index in [0.29, 0.717) is 22.6 Å².